The van der Waals surface area contributed by atoms with Crippen LogP contribution in [0.15, 0.2) is 52.9 Å². The summed E-state index contributed by atoms with van der Waals surface area (Å²) in [4.78, 5) is 4.43. The van der Waals surface area contributed by atoms with Crippen molar-refractivity contribution in [2.45, 2.75) is 11.3 Å². The molecule has 0 bridgehead atoms. The molecule has 3 rings (SSSR count). The molecule has 3 aromatic rings. The summed E-state index contributed by atoms with van der Waals surface area (Å²) in [6.07, 6.45) is 0. The first-order chi connectivity index (χ1) is 10.5. The van der Waals surface area contributed by atoms with E-state index in [0.29, 0.717) is 5.69 Å². The monoisotopic (exact) mass is 350 g/mol. The predicted molar refractivity (Wildman–Crippen MR) is 94.1 cm³/mol. The first-order valence-electron chi connectivity index (χ1n) is 6.57. The number of rotatable bonds is 5. The van der Waals surface area contributed by atoms with Gasteiger partial charge in [0.25, 0.3) is 0 Å². The molecule has 0 amide bonds. The topological polar surface area (TPSA) is 59.1 Å². The van der Waals surface area contributed by atoms with Gasteiger partial charge in [-0.25, -0.2) is 13.4 Å². The normalized spacial score (nSPS) is 11.7. The third-order valence-electron chi connectivity index (χ3n) is 2.90. The fourth-order valence-electron chi connectivity index (χ4n) is 1.96. The second-order valence-corrected chi connectivity index (χ2v) is 9.14. The number of thiazole rings is 1. The SMILES string of the molecule is Cc1cccc(NS(=O)(=O)CSc2nc3ccccc3s2)c1. The number of aryl methyl sites for hydroxylation is 1. The van der Waals surface area contributed by atoms with Gasteiger partial charge in [-0.15, -0.1) is 11.3 Å². The first kappa shape index (κ1) is 15.3. The van der Waals surface area contributed by atoms with Gasteiger partial charge in [0.15, 0.2) is 4.34 Å². The Morgan fingerprint density at radius 2 is 2.00 bits per heavy atom. The quantitative estimate of drug-likeness (QED) is 0.704. The Morgan fingerprint density at radius 1 is 1.18 bits per heavy atom. The fourth-order valence-corrected chi connectivity index (χ4v) is 5.50. The molecule has 1 N–H and O–H groups in total. The van der Waals surface area contributed by atoms with Crippen LogP contribution in [0.1, 0.15) is 5.56 Å². The molecule has 0 fully saturated rings. The summed E-state index contributed by atoms with van der Waals surface area (Å²) >= 11 is 2.74. The standard InChI is InChI=1S/C15H14N2O2S3/c1-11-5-4-6-12(9-11)17-22(18,19)10-20-15-16-13-7-2-3-8-14(13)21-15/h2-9,17H,10H2,1H3. The van der Waals surface area contributed by atoms with Crippen molar-refractivity contribution in [3.8, 4) is 0 Å². The molecule has 114 valence electrons. The van der Waals surface area contributed by atoms with Gasteiger partial charge >= 0.3 is 0 Å². The van der Waals surface area contributed by atoms with Crippen LogP contribution in [0, 0.1) is 6.92 Å². The minimum Gasteiger partial charge on any atom is -0.283 e. The number of anilines is 1. The van der Waals surface area contributed by atoms with Gasteiger partial charge in [-0.2, -0.15) is 0 Å². The Kier molecular flexibility index (Phi) is 4.37. The van der Waals surface area contributed by atoms with Gasteiger partial charge in [0.05, 0.1) is 10.2 Å². The van der Waals surface area contributed by atoms with Crippen molar-refractivity contribution >= 4 is 49.0 Å². The lowest BCUT2D eigenvalue weighted by molar-refractivity contribution is 0.605. The third kappa shape index (κ3) is 3.79. The molecule has 1 aromatic heterocycles. The van der Waals surface area contributed by atoms with Crippen LogP contribution >= 0.6 is 23.1 Å². The molecule has 0 aliphatic rings. The molecule has 0 aliphatic heterocycles. The molecule has 0 saturated carbocycles. The maximum Gasteiger partial charge on any atom is 0.242 e. The Bertz CT molecular complexity index is 871. The predicted octanol–water partition coefficient (Wildman–Crippen LogP) is 4.10. The van der Waals surface area contributed by atoms with Crippen LogP contribution < -0.4 is 4.72 Å². The highest BCUT2D eigenvalue weighted by Crippen LogP contribution is 2.30. The van der Waals surface area contributed by atoms with Crippen molar-refractivity contribution in [3.05, 3.63) is 54.1 Å². The van der Waals surface area contributed by atoms with Crippen LogP contribution in [0.25, 0.3) is 10.2 Å². The van der Waals surface area contributed by atoms with Crippen LogP contribution in [-0.4, -0.2) is 18.5 Å². The van der Waals surface area contributed by atoms with Crippen molar-refractivity contribution in [2.75, 3.05) is 9.81 Å². The molecule has 0 saturated heterocycles. The molecule has 22 heavy (non-hydrogen) atoms. The van der Waals surface area contributed by atoms with E-state index in [0.717, 1.165) is 20.1 Å². The van der Waals surface area contributed by atoms with Crippen molar-refractivity contribution in [1.82, 2.24) is 4.98 Å². The van der Waals surface area contributed by atoms with Crippen molar-refractivity contribution in [3.63, 3.8) is 0 Å². The molecule has 0 spiro atoms. The first-order valence-corrected chi connectivity index (χ1v) is 10.0. The zero-order valence-corrected chi connectivity index (χ0v) is 14.3. The maximum atomic E-state index is 12.1. The number of benzene rings is 2. The number of thioether (sulfide) groups is 1. The van der Waals surface area contributed by atoms with Gasteiger partial charge in [-0.1, -0.05) is 36.0 Å². The molecule has 0 aliphatic carbocycles. The van der Waals surface area contributed by atoms with E-state index in [2.05, 4.69) is 9.71 Å². The number of fused-ring (bicyclic) bond motifs is 1. The van der Waals surface area contributed by atoms with E-state index in [9.17, 15) is 8.42 Å². The molecular formula is C15H14N2O2S3. The second-order valence-electron chi connectivity index (χ2n) is 4.80. The zero-order valence-electron chi connectivity index (χ0n) is 11.8. The van der Waals surface area contributed by atoms with Crippen molar-refractivity contribution < 1.29 is 8.42 Å². The summed E-state index contributed by atoms with van der Waals surface area (Å²) in [6.45, 7) is 1.92. The number of hydrogen-bond donors (Lipinski definition) is 1. The number of nitrogens with zero attached hydrogens (tertiary/aromatic N) is 1. The highest BCUT2D eigenvalue weighted by molar-refractivity contribution is 8.13. The lowest BCUT2D eigenvalue weighted by atomic mass is 10.2. The summed E-state index contributed by atoms with van der Waals surface area (Å²) in [7, 11) is -3.41. The minimum absolute atomic E-state index is 0.0548. The van der Waals surface area contributed by atoms with Gasteiger partial charge in [-0.05, 0) is 36.8 Å². The highest BCUT2D eigenvalue weighted by atomic mass is 32.3. The Morgan fingerprint density at radius 3 is 2.77 bits per heavy atom. The van der Waals surface area contributed by atoms with Crippen molar-refractivity contribution in [1.29, 1.82) is 0 Å². The lowest BCUT2D eigenvalue weighted by Crippen LogP contribution is -2.14. The summed E-state index contributed by atoms with van der Waals surface area (Å²) < 4.78 is 28.7. The molecule has 0 radical (unpaired) electrons. The van der Waals surface area contributed by atoms with Gasteiger partial charge in [0.2, 0.25) is 10.0 Å². The van der Waals surface area contributed by atoms with E-state index in [1.807, 2.05) is 43.3 Å². The third-order valence-corrected chi connectivity index (χ3v) is 6.94. The molecule has 7 heteroatoms. The van der Waals surface area contributed by atoms with Gasteiger partial charge in [-0.3, -0.25) is 4.72 Å². The van der Waals surface area contributed by atoms with Crippen LogP contribution in [0.2, 0.25) is 0 Å². The second kappa shape index (κ2) is 6.28. The average molecular weight is 350 g/mol. The summed E-state index contributed by atoms with van der Waals surface area (Å²) in [5.74, 6) is 0. The lowest BCUT2D eigenvalue weighted by Gasteiger charge is -2.07. The fraction of sp³-hybridized carbons (Fsp3) is 0.133. The Labute approximate surface area is 137 Å². The van der Waals surface area contributed by atoms with Crippen LogP contribution in [0.3, 0.4) is 0 Å². The summed E-state index contributed by atoms with van der Waals surface area (Å²) in [5.41, 5.74) is 2.50. The van der Waals surface area contributed by atoms with Crippen LogP contribution in [0.5, 0.6) is 0 Å². The molecule has 2 aromatic carbocycles. The van der Waals surface area contributed by atoms with Gasteiger partial charge in [0, 0.05) is 5.69 Å². The van der Waals surface area contributed by atoms with Crippen molar-refractivity contribution in [2.24, 2.45) is 0 Å². The summed E-state index contributed by atoms with van der Waals surface area (Å²) in [6, 6.07) is 15.1. The molecule has 1 heterocycles. The maximum absolute atomic E-state index is 12.1. The average Bonchev–Trinajstić information content (AvgIpc) is 2.88. The van der Waals surface area contributed by atoms with E-state index in [-0.39, 0.29) is 5.08 Å². The van der Waals surface area contributed by atoms with E-state index in [1.54, 1.807) is 12.1 Å². The number of para-hydroxylation sites is 1. The van der Waals surface area contributed by atoms with Crippen LogP contribution in [-0.2, 0) is 10.0 Å². The molecule has 0 atom stereocenters. The Hall–Kier alpha value is -1.57. The van der Waals surface area contributed by atoms with E-state index in [4.69, 9.17) is 0 Å². The smallest absolute Gasteiger partial charge is 0.242 e. The van der Waals surface area contributed by atoms with E-state index >= 15 is 0 Å². The molecule has 4 nitrogen and oxygen atoms in total. The number of nitrogens with one attached hydrogen (secondary N) is 1. The number of aromatic nitrogens is 1. The largest absolute Gasteiger partial charge is 0.283 e. The van der Waals surface area contributed by atoms with Crippen LogP contribution in [0.4, 0.5) is 5.69 Å². The number of sulfonamides is 1. The number of hydrogen-bond acceptors (Lipinski definition) is 5. The molecular weight excluding hydrogens is 336 g/mol. The van der Waals surface area contributed by atoms with Gasteiger partial charge < -0.3 is 0 Å². The van der Waals surface area contributed by atoms with E-state index in [1.165, 1.54) is 23.1 Å². The minimum atomic E-state index is -3.41. The zero-order chi connectivity index (χ0) is 15.6. The highest BCUT2D eigenvalue weighted by Gasteiger charge is 2.13. The summed E-state index contributed by atoms with van der Waals surface area (Å²) in [5, 5.41) is -0.0548. The van der Waals surface area contributed by atoms with E-state index < -0.39 is 10.0 Å². The Balaban J connectivity index is 1.69. The van der Waals surface area contributed by atoms with Gasteiger partial charge in [0.1, 0.15) is 5.08 Å². The molecule has 0 unspecified atom stereocenters.